The Morgan fingerprint density at radius 2 is 1.46 bits per heavy atom. The number of aliphatic hydroxyl groups is 1. The quantitative estimate of drug-likeness (QED) is 0.0479. The van der Waals surface area contributed by atoms with E-state index in [1.807, 2.05) is 0 Å². The zero-order valence-corrected chi connectivity index (χ0v) is 28.2. The van der Waals surface area contributed by atoms with Crippen LogP contribution < -0.4 is 5.73 Å². The van der Waals surface area contributed by atoms with Crippen LogP contribution in [0.1, 0.15) is 161 Å². The van der Waals surface area contributed by atoms with Crippen LogP contribution in [0, 0.1) is 18.4 Å². The van der Waals surface area contributed by atoms with Gasteiger partial charge >= 0.3 is 12.0 Å². The molecule has 0 aromatic carbocycles. The number of carbonyl (C=O) groups excluding carboxylic acids is 1. The predicted octanol–water partition coefficient (Wildman–Crippen LogP) is 8.34. The Morgan fingerprint density at radius 3 is 1.96 bits per heavy atom. The molecule has 1 aliphatic rings. The van der Waals surface area contributed by atoms with Gasteiger partial charge in [0.15, 0.2) is 22.6 Å². The number of aromatic nitrogens is 4. The van der Waals surface area contributed by atoms with Gasteiger partial charge in [0, 0.05) is 12.8 Å². The zero-order valence-electron chi connectivity index (χ0n) is 28.2. The number of esters is 1. The number of aliphatic hydroxyl groups excluding tert-OH is 1. The third-order valence-electron chi connectivity index (χ3n) is 9.22. The molecule has 3 rings (SSSR count). The fraction of sp³-hybridized carbons (Fsp3) is 0.778. The summed E-state index contributed by atoms with van der Waals surface area (Å²) in [6, 6.07) is 0. The van der Waals surface area contributed by atoms with E-state index in [1.54, 1.807) is 0 Å². The number of nitrogens with zero attached hydrogens (tertiary/aromatic N) is 4. The van der Waals surface area contributed by atoms with Crippen LogP contribution in [0.4, 0.5) is 10.2 Å². The van der Waals surface area contributed by atoms with Crippen LogP contribution in [0.2, 0.25) is 0 Å². The lowest BCUT2D eigenvalue weighted by atomic mass is 9.99. The Balaban J connectivity index is 1.16. The van der Waals surface area contributed by atoms with Gasteiger partial charge in [0.1, 0.15) is 18.9 Å². The molecule has 1 saturated heterocycles. The van der Waals surface area contributed by atoms with Gasteiger partial charge in [0.25, 0.3) is 0 Å². The molecule has 2 aromatic rings. The molecule has 0 saturated carbocycles. The van der Waals surface area contributed by atoms with Gasteiger partial charge in [-0.15, -0.1) is 6.42 Å². The lowest BCUT2D eigenvalue weighted by Crippen LogP contribution is -2.43. The molecule has 46 heavy (non-hydrogen) atoms. The first-order valence-electron chi connectivity index (χ1n) is 18.0. The van der Waals surface area contributed by atoms with E-state index in [9.17, 15) is 14.3 Å². The highest BCUT2D eigenvalue weighted by Gasteiger charge is 2.49. The summed E-state index contributed by atoms with van der Waals surface area (Å²) in [4.78, 5) is 23.8. The highest BCUT2D eigenvalue weighted by atomic mass is 19.1. The van der Waals surface area contributed by atoms with Crippen molar-refractivity contribution in [1.82, 2.24) is 19.5 Å². The van der Waals surface area contributed by atoms with E-state index in [-0.39, 0.29) is 36.0 Å². The number of nitrogens with two attached hydrogens (primary N) is 1. The molecular formula is C36H58FN5O4. The Labute approximate surface area is 275 Å². The van der Waals surface area contributed by atoms with Crippen molar-refractivity contribution in [2.45, 2.75) is 173 Å². The van der Waals surface area contributed by atoms with Crippen molar-refractivity contribution in [3.05, 3.63) is 12.4 Å². The number of ether oxygens (including phenoxy) is 2. The van der Waals surface area contributed by atoms with E-state index in [0.717, 1.165) is 19.3 Å². The molecule has 0 radical (unpaired) electrons. The van der Waals surface area contributed by atoms with Gasteiger partial charge in [-0.3, -0.25) is 9.36 Å². The fourth-order valence-electron chi connectivity index (χ4n) is 6.31. The molecule has 0 bridgehead atoms. The zero-order chi connectivity index (χ0) is 33.0. The highest BCUT2D eigenvalue weighted by molar-refractivity contribution is 5.81. The van der Waals surface area contributed by atoms with Crippen molar-refractivity contribution in [1.29, 1.82) is 0 Å². The molecule has 3 atom stereocenters. The standard InChI is InChI=1S/C36H58FN5O4/c1-3-5-6-7-8-9-10-11-12-13-14-15-16-17-18-19-20-21-22-23-24-25-31(44)45-27-36(4-2)29(43)26-30(46-36)42-28-39-32-33(38)40-35(37)41-34(32)42/h2,28-30,43H,3,5-27H2,1H3,(H2,38,40,41)/t29-,30?,36+/m0/s1. The van der Waals surface area contributed by atoms with Crippen molar-refractivity contribution < 1.29 is 23.8 Å². The number of hydrogen-bond donors (Lipinski definition) is 2. The minimum atomic E-state index is -1.53. The minimum absolute atomic E-state index is 0.0815. The molecule has 3 heterocycles. The van der Waals surface area contributed by atoms with Crippen molar-refractivity contribution in [3.8, 4) is 12.3 Å². The lowest BCUT2D eigenvalue weighted by molar-refractivity contribution is -0.156. The number of fused-ring (bicyclic) bond motifs is 1. The van der Waals surface area contributed by atoms with Crippen LogP contribution in [0.25, 0.3) is 11.2 Å². The maximum absolute atomic E-state index is 13.8. The summed E-state index contributed by atoms with van der Waals surface area (Å²) in [7, 11) is 0. The van der Waals surface area contributed by atoms with E-state index in [4.69, 9.17) is 21.6 Å². The Morgan fingerprint density at radius 1 is 0.957 bits per heavy atom. The number of hydrogen-bond acceptors (Lipinski definition) is 8. The topological polar surface area (TPSA) is 125 Å². The van der Waals surface area contributed by atoms with Gasteiger partial charge in [-0.1, -0.05) is 141 Å². The molecule has 10 heteroatoms. The van der Waals surface area contributed by atoms with Crippen molar-refractivity contribution in [3.63, 3.8) is 0 Å². The second-order valence-corrected chi connectivity index (χ2v) is 13.0. The van der Waals surface area contributed by atoms with Crippen LogP contribution in [0.15, 0.2) is 6.33 Å². The van der Waals surface area contributed by atoms with Gasteiger partial charge in [-0.25, -0.2) is 4.98 Å². The first-order valence-corrected chi connectivity index (χ1v) is 18.0. The second-order valence-electron chi connectivity index (χ2n) is 13.0. The first-order chi connectivity index (χ1) is 22.4. The van der Waals surface area contributed by atoms with Crippen molar-refractivity contribution >= 4 is 23.0 Å². The molecule has 0 spiro atoms. The number of nitrogen functional groups attached to an aromatic ring is 1. The predicted molar refractivity (Wildman–Crippen MR) is 180 cm³/mol. The summed E-state index contributed by atoms with van der Waals surface area (Å²) < 4.78 is 26.6. The molecule has 1 unspecified atom stereocenters. The number of unbranched alkanes of at least 4 members (excludes halogenated alkanes) is 20. The largest absolute Gasteiger partial charge is 0.461 e. The number of rotatable bonds is 25. The van der Waals surface area contributed by atoms with Gasteiger partial charge in [0.05, 0.1) is 6.33 Å². The van der Waals surface area contributed by atoms with E-state index in [2.05, 4.69) is 27.8 Å². The Hall–Kier alpha value is -2.77. The third kappa shape index (κ3) is 12.4. The molecule has 258 valence electrons. The summed E-state index contributed by atoms with van der Waals surface area (Å²) in [5.41, 5.74) is 4.56. The van der Waals surface area contributed by atoms with E-state index in [0.29, 0.717) is 6.42 Å². The molecule has 0 amide bonds. The number of carbonyl (C=O) groups is 1. The van der Waals surface area contributed by atoms with Gasteiger partial charge in [-0.05, 0) is 6.42 Å². The molecular weight excluding hydrogens is 585 g/mol. The minimum Gasteiger partial charge on any atom is -0.461 e. The van der Waals surface area contributed by atoms with E-state index >= 15 is 0 Å². The number of halogens is 1. The summed E-state index contributed by atoms with van der Waals surface area (Å²) in [5, 5.41) is 10.7. The number of anilines is 1. The summed E-state index contributed by atoms with van der Waals surface area (Å²) in [6.45, 7) is 2.00. The van der Waals surface area contributed by atoms with E-state index < -0.39 is 24.0 Å². The van der Waals surface area contributed by atoms with Crippen molar-refractivity contribution in [2.24, 2.45) is 0 Å². The number of terminal acetylenes is 1. The van der Waals surface area contributed by atoms with Crippen molar-refractivity contribution in [2.75, 3.05) is 12.3 Å². The molecule has 1 aliphatic heterocycles. The average molecular weight is 644 g/mol. The Kier molecular flexibility index (Phi) is 17.3. The van der Waals surface area contributed by atoms with Gasteiger partial charge in [0.2, 0.25) is 0 Å². The van der Waals surface area contributed by atoms with Crippen LogP contribution in [0.3, 0.4) is 0 Å². The molecule has 9 nitrogen and oxygen atoms in total. The van der Waals surface area contributed by atoms with Crippen LogP contribution in [-0.2, 0) is 14.3 Å². The molecule has 1 fully saturated rings. The lowest BCUT2D eigenvalue weighted by Gasteiger charge is -2.26. The van der Waals surface area contributed by atoms with Crippen LogP contribution in [-0.4, -0.2) is 48.9 Å². The van der Waals surface area contributed by atoms with E-state index in [1.165, 1.54) is 126 Å². The fourth-order valence-corrected chi connectivity index (χ4v) is 6.31. The number of imidazole rings is 1. The van der Waals surface area contributed by atoms with Crippen LogP contribution >= 0.6 is 0 Å². The first kappa shape index (κ1) is 37.7. The summed E-state index contributed by atoms with van der Waals surface area (Å²) >= 11 is 0. The van der Waals surface area contributed by atoms with Crippen LogP contribution in [0.5, 0.6) is 0 Å². The van der Waals surface area contributed by atoms with Gasteiger partial charge in [-0.2, -0.15) is 14.4 Å². The Bertz CT molecular complexity index is 1200. The normalized spacial score (nSPS) is 19.5. The highest BCUT2D eigenvalue weighted by Crippen LogP contribution is 2.38. The maximum Gasteiger partial charge on any atom is 0.312 e. The monoisotopic (exact) mass is 643 g/mol. The van der Waals surface area contributed by atoms with Gasteiger partial charge < -0.3 is 20.3 Å². The summed E-state index contributed by atoms with van der Waals surface area (Å²) in [5.74, 6) is 1.99. The molecule has 0 aliphatic carbocycles. The third-order valence-corrected chi connectivity index (χ3v) is 9.22. The molecule has 2 aromatic heterocycles. The second kappa shape index (κ2) is 21.2. The average Bonchev–Trinajstić information content (AvgIpc) is 3.61. The maximum atomic E-state index is 13.8. The smallest absolute Gasteiger partial charge is 0.312 e. The molecule has 3 N–H and O–H groups in total. The SMILES string of the molecule is C#C[C@]1(COC(=O)CCCCCCCCCCCCCCCCCCCCCCC)OC(n2cnc3c(N)nc(F)nc32)C[C@@H]1O. The summed E-state index contributed by atoms with van der Waals surface area (Å²) in [6.07, 6.45) is 32.1.